The molecule has 0 aromatic heterocycles. The molecule has 2 heteroatoms. The molecule has 0 saturated carbocycles. The van der Waals surface area contributed by atoms with Crippen molar-refractivity contribution in [2.45, 2.75) is 0 Å². The molecule has 0 aliphatic heterocycles. The van der Waals surface area contributed by atoms with Crippen LogP contribution < -0.4 is 5.32 Å². The van der Waals surface area contributed by atoms with Gasteiger partial charge in [-0.1, -0.05) is 24.3 Å². The van der Waals surface area contributed by atoms with Gasteiger partial charge in [0.05, 0.1) is 0 Å². The lowest BCUT2D eigenvalue weighted by atomic mass is 10.1. The quantitative estimate of drug-likeness (QED) is 0.702. The van der Waals surface area contributed by atoms with Gasteiger partial charge in [-0.05, 0) is 12.1 Å². The summed E-state index contributed by atoms with van der Waals surface area (Å²) >= 11 is 0. The molecule has 0 bridgehead atoms. The molecule has 1 N–H and O–H groups in total. The van der Waals surface area contributed by atoms with E-state index < -0.39 is 0 Å². The molecular formula is C11H10FN. The fourth-order valence-corrected chi connectivity index (χ4v) is 1.49. The van der Waals surface area contributed by atoms with Crippen molar-refractivity contribution >= 4 is 16.5 Å². The highest BCUT2D eigenvalue weighted by Gasteiger charge is 2.01. The van der Waals surface area contributed by atoms with Crippen LogP contribution in [-0.4, -0.2) is 7.05 Å². The van der Waals surface area contributed by atoms with E-state index in [4.69, 9.17) is 0 Å². The first-order chi connectivity index (χ1) is 6.33. The van der Waals surface area contributed by atoms with E-state index in [2.05, 4.69) is 5.32 Å². The minimum Gasteiger partial charge on any atom is -0.388 e. The van der Waals surface area contributed by atoms with Crippen LogP contribution >= 0.6 is 0 Å². The summed E-state index contributed by atoms with van der Waals surface area (Å²) in [7, 11) is 1.83. The normalized spacial score (nSPS) is 10.3. The molecule has 2 rings (SSSR count). The van der Waals surface area contributed by atoms with Gasteiger partial charge in [0.25, 0.3) is 0 Å². The Morgan fingerprint density at radius 2 is 1.69 bits per heavy atom. The van der Waals surface area contributed by atoms with E-state index in [1.165, 1.54) is 6.07 Å². The van der Waals surface area contributed by atoms with Crippen molar-refractivity contribution in [1.29, 1.82) is 0 Å². The first-order valence-corrected chi connectivity index (χ1v) is 4.18. The number of rotatable bonds is 1. The van der Waals surface area contributed by atoms with Crippen molar-refractivity contribution in [2.24, 2.45) is 0 Å². The van der Waals surface area contributed by atoms with Gasteiger partial charge in [-0.2, -0.15) is 0 Å². The maximum atomic E-state index is 13.3. The van der Waals surface area contributed by atoms with Crippen molar-refractivity contribution in [1.82, 2.24) is 0 Å². The third-order valence-corrected chi connectivity index (χ3v) is 2.14. The van der Waals surface area contributed by atoms with Crippen molar-refractivity contribution < 1.29 is 4.39 Å². The fraction of sp³-hybridized carbons (Fsp3) is 0.0909. The topological polar surface area (TPSA) is 12.0 Å². The van der Waals surface area contributed by atoms with Crippen LogP contribution in [-0.2, 0) is 0 Å². The minimum atomic E-state index is -0.172. The van der Waals surface area contributed by atoms with Gasteiger partial charge in [0.1, 0.15) is 5.82 Å². The third-order valence-electron chi connectivity index (χ3n) is 2.14. The molecule has 2 aromatic rings. The summed E-state index contributed by atoms with van der Waals surface area (Å²) in [5, 5.41) is 4.61. The molecular weight excluding hydrogens is 165 g/mol. The summed E-state index contributed by atoms with van der Waals surface area (Å²) < 4.78 is 13.3. The Kier molecular flexibility index (Phi) is 1.89. The maximum absolute atomic E-state index is 13.3. The van der Waals surface area contributed by atoms with Crippen LogP contribution in [0.15, 0.2) is 36.4 Å². The van der Waals surface area contributed by atoms with Gasteiger partial charge >= 0.3 is 0 Å². The third kappa shape index (κ3) is 1.24. The van der Waals surface area contributed by atoms with Crippen LogP contribution in [0.5, 0.6) is 0 Å². The number of fused-ring (bicyclic) bond motifs is 1. The fourth-order valence-electron chi connectivity index (χ4n) is 1.49. The van der Waals surface area contributed by atoms with Gasteiger partial charge < -0.3 is 5.32 Å². The summed E-state index contributed by atoms with van der Waals surface area (Å²) in [6, 6.07) is 10.7. The Bertz CT molecular complexity index is 437. The summed E-state index contributed by atoms with van der Waals surface area (Å²) in [6.45, 7) is 0. The minimum absolute atomic E-state index is 0.172. The van der Waals surface area contributed by atoms with E-state index >= 15 is 0 Å². The number of nitrogens with one attached hydrogen (secondary N) is 1. The van der Waals surface area contributed by atoms with Crippen LogP contribution in [0.2, 0.25) is 0 Å². The molecule has 0 aliphatic rings. The highest BCUT2D eigenvalue weighted by atomic mass is 19.1. The zero-order valence-corrected chi connectivity index (χ0v) is 7.34. The van der Waals surface area contributed by atoms with Gasteiger partial charge in [0, 0.05) is 23.5 Å². The zero-order valence-electron chi connectivity index (χ0n) is 7.34. The SMILES string of the molecule is CNc1cccc2c(F)cccc12. The number of hydrogen-bond donors (Lipinski definition) is 1. The molecule has 0 heterocycles. The molecule has 0 fully saturated rings. The van der Waals surface area contributed by atoms with E-state index in [1.54, 1.807) is 12.1 Å². The predicted molar refractivity (Wildman–Crippen MR) is 53.5 cm³/mol. The summed E-state index contributed by atoms with van der Waals surface area (Å²) in [5.74, 6) is -0.172. The van der Waals surface area contributed by atoms with Crippen molar-refractivity contribution in [2.75, 3.05) is 12.4 Å². The van der Waals surface area contributed by atoms with Crippen molar-refractivity contribution in [3.05, 3.63) is 42.2 Å². The van der Waals surface area contributed by atoms with Gasteiger partial charge in [-0.15, -0.1) is 0 Å². The van der Waals surface area contributed by atoms with E-state index in [0.717, 1.165) is 11.1 Å². The molecule has 2 aromatic carbocycles. The Morgan fingerprint density at radius 1 is 1.00 bits per heavy atom. The summed E-state index contributed by atoms with van der Waals surface area (Å²) in [4.78, 5) is 0. The van der Waals surface area contributed by atoms with E-state index in [0.29, 0.717) is 5.39 Å². The molecule has 66 valence electrons. The molecule has 13 heavy (non-hydrogen) atoms. The predicted octanol–water partition coefficient (Wildman–Crippen LogP) is 3.02. The molecule has 0 amide bonds. The highest BCUT2D eigenvalue weighted by Crippen LogP contribution is 2.24. The number of benzene rings is 2. The molecule has 0 aliphatic carbocycles. The monoisotopic (exact) mass is 175 g/mol. The molecule has 0 unspecified atom stereocenters. The van der Waals surface area contributed by atoms with Crippen LogP contribution in [0.25, 0.3) is 10.8 Å². The Hall–Kier alpha value is -1.57. The standard InChI is InChI=1S/C11H10FN/c1-13-11-7-3-4-8-9(11)5-2-6-10(8)12/h2-7,13H,1H3. The highest BCUT2D eigenvalue weighted by molar-refractivity contribution is 5.94. The lowest BCUT2D eigenvalue weighted by molar-refractivity contribution is 0.640. The molecule has 1 nitrogen and oxygen atoms in total. The first kappa shape index (κ1) is 8.05. The van der Waals surface area contributed by atoms with E-state index in [9.17, 15) is 4.39 Å². The number of hydrogen-bond acceptors (Lipinski definition) is 1. The lowest BCUT2D eigenvalue weighted by Crippen LogP contribution is -1.89. The first-order valence-electron chi connectivity index (χ1n) is 4.18. The average molecular weight is 175 g/mol. The van der Waals surface area contributed by atoms with Crippen LogP contribution in [0.1, 0.15) is 0 Å². The molecule has 0 saturated heterocycles. The van der Waals surface area contributed by atoms with Crippen LogP contribution in [0.3, 0.4) is 0 Å². The zero-order chi connectivity index (χ0) is 9.26. The van der Waals surface area contributed by atoms with Gasteiger partial charge in [-0.3, -0.25) is 0 Å². The van der Waals surface area contributed by atoms with Gasteiger partial charge in [0.2, 0.25) is 0 Å². The summed E-state index contributed by atoms with van der Waals surface area (Å²) in [5.41, 5.74) is 0.956. The second kappa shape index (κ2) is 3.05. The number of halogens is 1. The van der Waals surface area contributed by atoms with E-state index in [-0.39, 0.29) is 5.82 Å². The number of anilines is 1. The smallest absolute Gasteiger partial charge is 0.131 e. The van der Waals surface area contributed by atoms with Crippen LogP contribution in [0, 0.1) is 5.82 Å². The Labute approximate surface area is 76.2 Å². The van der Waals surface area contributed by atoms with Gasteiger partial charge in [0.15, 0.2) is 0 Å². The average Bonchev–Trinajstić information content (AvgIpc) is 2.18. The maximum Gasteiger partial charge on any atom is 0.131 e. The molecule has 0 atom stereocenters. The van der Waals surface area contributed by atoms with Crippen molar-refractivity contribution in [3.8, 4) is 0 Å². The summed E-state index contributed by atoms with van der Waals surface area (Å²) in [6.07, 6.45) is 0. The Balaban J connectivity index is 2.84. The second-order valence-corrected chi connectivity index (χ2v) is 2.89. The van der Waals surface area contributed by atoms with Gasteiger partial charge in [-0.25, -0.2) is 4.39 Å². The van der Waals surface area contributed by atoms with Crippen molar-refractivity contribution in [3.63, 3.8) is 0 Å². The largest absolute Gasteiger partial charge is 0.388 e. The lowest BCUT2D eigenvalue weighted by Gasteiger charge is -2.05. The van der Waals surface area contributed by atoms with Crippen LogP contribution in [0.4, 0.5) is 10.1 Å². The van der Waals surface area contributed by atoms with E-state index in [1.807, 2.05) is 25.2 Å². The second-order valence-electron chi connectivity index (χ2n) is 2.89. The molecule has 0 radical (unpaired) electrons. The Morgan fingerprint density at radius 3 is 2.46 bits per heavy atom. The molecule has 0 spiro atoms.